The van der Waals surface area contributed by atoms with Gasteiger partial charge in [0, 0.05) is 6.42 Å². The maximum atomic E-state index is 12.8. The highest BCUT2D eigenvalue weighted by molar-refractivity contribution is 7.91. The fraction of sp³-hybridized carbons (Fsp3) is 0.278. The third-order valence-corrected chi connectivity index (χ3v) is 5.93. The first-order valence-corrected chi connectivity index (χ1v) is 9.74. The summed E-state index contributed by atoms with van der Waals surface area (Å²) in [5.41, 5.74) is 7.83. The molecule has 25 heavy (non-hydrogen) atoms. The molecule has 0 bridgehead atoms. The number of halogens is 1. The van der Waals surface area contributed by atoms with E-state index in [4.69, 9.17) is 0 Å². The van der Waals surface area contributed by atoms with Gasteiger partial charge in [-0.1, -0.05) is 6.07 Å². The van der Waals surface area contributed by atoms with E-state index in [0.717, 1.165) is 24.8 Å². The van der Waals surface area contributed by atoms with Crippen molar-refractivity contribution in [2.24, 2.45) is 0 Å². The van der Waals surface area contributed by atoms with Crippen LogP contribution in [0.2, 0.25) is 0 Å². The Morgan fingerprint density at radius 1 is 1.04 bits per heavy atom. The van der Waals surface area contributed by atoms with Gasteiger partial charge in [0.1, 0.15) is 5.82 Å². The second-order valence-corrected chi connectivity index (χ2v) is 8.14. The molecular formula is C18H19FN2O3S. The van der Waals surface area contributed by atoms with Crippen LogP contribution in [0.25, 0.3) is 0 Å². The van der Waals surface area contributed by atoms with Gasteiger partial charge in [-0.2, -0.15) is 0 Å². The SMILES string of the molecule is O=C(CCS(=O)(=O)c1ccc2c(c1)CCC2)NNc1ccc(F)cc1. The smallest absolute Gasteiger partial charge is 0.239 e. The van der Waals surface area contributed by atoms with E-state index in [1.54, 1.807) is 12.1 Å². The minimum absolute atomic E-state index is 0.159. The maximum Gasteiger partial charge on any atom is 0.239 e. The van der Waals surface area contributed by atoms with Gasteiger partial charge in [0.05, 0.1) is 16.3 Å². The van der Waals surface area contributed by atoms with E-state index in [2.05, 4.69) is 10.9 Å². The Morgan fingerprint density at radius 2 is 1.76 bits per heavy atom. The molecule has 1 aliphatic rings. The number of hydrogen-bond acceptors (Lipinski definition) is 4. The summed E-state index contributed by atoms with van der Waals surface area (Å²) in [7, 11) is -3.50. The largest absolute Gasteiger partial charge is 0.299 e. The lowest BCUT2D eigenvalue weighted by molar-refractivity contribution is -0.120. The summed E-state index contributed by atoms with van der Waals surface area (Å²) in [6.07, 6.45) is 2.79. The Labute approximate surface area is 146 Å². The average molecular weight is 362 g/mol. The van der Waals surface area contributed by atoms with E-state index in [-0.39, 0.29) is 22.9 Å². The first-order valence-electron chi connectivity index (χ1n) is 8.09. The molecule has 0 saturated heterocycles. The number of sulfone groups is 1. The number of benzene rings is 2. The van der Waals surface area contributed by atoms with Crippen molar-refractivity contribution in [3.8, 4) is 0 Å². The van der Waals surface area contributed by atoms with Gasteiger partial charge in [0.2, 0.25) is 5.91 Å². The van der Waals surface area contributed by atoms with E-state index in [1.807, 2.05) is 6.07 Å². The number of aryl methyl sites for hydroxylation is 2. The Hall–Kier alpha value is -2.41. The minimum atomic E-state index is -3.50. The van der Waals surface area contributed by atoms with Crippen LogP contribution in [0.3, 0.4) is 0 Å². The predicted octanol–water partition coefficient (Wildman–Crippen LogP) is 2.62. The lowest BCUT2D eigenvalue weighted by Crippen LogP contribution is -2.30. The zero-order valence-electron chi connectivity index (χ0n) is 13.6. The van der Waals surface area contributed by atoms with Crippen LogP contribution in [0.15, 0.2) is 47.4 Å². The van der Waals surface area contributed by atoms with E-state index in [9.17, 15) is 17.6 Å². The van der Waals surface area contributed by atoms with Crippen molar-refractivity contribution in [1.82, 2.24) is 5.43 Å². The fourth-order valence-electron chi connectivity index (χ4n) is 2.82. The number of carbonyl (C=O) groups is 1. The van der Waals surface area contributed by atoms with Crippen LogP contribution in [0.4, 0.5) is 10.1 Å². The molecule has 0 spiro atoms. The summed E-state index contributed by atoms with van der Waals surface area (Å²) >= 11 is 0. The molecule has 2 aromatic carbocycles. The second-order valence-electron chi connectivity index (χ2n) is 6.03. The molecule has 0 fully saturated rings. The number of hydrogen-bond donors (Lipinski definition) is 2. The van der Waals surface area contributed by atoms with Gasteiger partial charge >= 0.3 is 0 Å². The Kier molecular flexibility index (Phi) is 5.03. The van der Waals surface area contributed by atoms with Crippen LogP contribution >= 0.6 is 0 Å². The van der Waals surface area contributed by atoms with Crippen LogP contribution < -0.4 is 10.9 Å². The number of carbonyl (C=O) groups excluding carboxylic acids is 1. The lowest BCUT2D eigenvalue weighted by Gasteiger charge is -2.09. The number of fused-ring (bicyclic) bond motifs is 1. The first-order chi connectivity index (χ1) is 11.9. The molecule has 1 amide bonds. The predicted molar refractivity (Wildman–Crippen MR) is 93.3 cm³/mol. The van der Waals surface area contributed by atoms with Gasteiger partial charge in [-0.15, -0.1) is 0 Å². The first kappa shape index (κ1) is 17.4. The van der Waals surface area contributed by atoms with Crippen molar-refractivity contribution in [2.45, 2.75) is 30.6 Å². The molecule has 0 aromatic heterocycles. The Bertz CT molecular complexity index is 880. The minimum Gasteiger partial charge on any atom is -0.299 e. The molecule has 7 heteroatoms. The molecule has 0 aliphatic heterocycles. The van der Waals surface area contributed by atoms with Gasteiger partial charge in [0.15, 0.2) is 9.84 Å². The third-order valence-electron chi connectivity index (χ3n) is 4.22. The second kappa shape index (κ2) is 7.23. The molecule has 1 aliphatic carbocycles. The fourth-order valence-corrected chi connectivity index (χ4v) is 4.11. The summed E-state index contributed by atoms with van der Waals surface area (Å²) < 4.78 is 37.6. The lowest BCUT2D eigenvalue weighted by atomic mass is 10.1. The van der Waals surface area contributed by atoms with Crippen molar-refractivity contribution < 1.29 is 17.6 Å². The van der Waals surface area contributed by atoms with Crippen molar-refractivity contribution in [1.29, 1.82) is 0 Å². The molecule has 0 heterocycles. The zero-order valence-corrected chi connectivity index (χ0v) is 14.4. The van der Waals surface area contributed by atoms with E-state index in [0.29, 0.717) is 5.69 Å². The summed E-state index contributed by atoms with van der Waals surface area (Å²) in [5.74, 6) is -1.09. The molecule has 0 saturated carbocycles. The van der Waals surface area contributed by atoms with Crippen LogP contribution in [-0.2, 0) is 27.5 Å². The number of nitrogens with one attached hydrogen (secondary N) is 2. The highest BCUT2D eigenvalue weighted by Gasteiger charge is 2.19. The topological polar surface area (TPSA) is 75.3 Å². The Morgan fingerprint density at radius 3 is 2.52 bits per heavy atom. The summed E-state index contributed by atoms with van der Waals surface area (Å²) in [5, 5.41) is 0. The molecule has 2 N–H and O–H groups in total. The molecule has 2 aromatic rings. The molecule has 3 rings (SSSR count). The monoisotopic (exact) mass is 362 g/mol. The molecule has 0 radical (unpaired) electrons. The summed E-state index contributed by atoms with van der Waals surface area (Å²) in [4.78, 5) is 12.1. The van der Waals surface area contributed by atoms with E-state index >= 15 is 0 Å². The van der Waals surface area contributed by atoms with Crippen LogP contribution in [-0.4, -0.2) is 20.1 Å². The van der Waals surface area contributed by atoms with Gasteiger partial charge in [-0.3, -0.25) is 15.6 Å². The molecule has 0 atom stereocenters. The standard InChI is InChI=1S/C18H19FN2O3S/c19-15-5-7-16(8-6-15)20-21-18(22)10-11-25(23,24)17-9-4-13-2-1-3-14(13)12-17/h4-9,12,20H,1-3,10-11H2,(H,21,22). The quantitative estimate of drug-likeness (QED) is 0.775. The highest BCUT2D eigenvalue weighted by atomic mass is 32.2. The average Bonchev–Trinajstić information content (AvgIpc) is 3.07. The number of hydrazine groups is 1. The summed E-state index contributed by atoms with van der Waals surface area (Å²) in [6.45, 7) is 0. The highest BCUT2D eigenvalue weighted by Crippen LogP contribution is 2.25. The Balaban J connectivity index is 1.54. The normalized spacial score (nSPS) is 13.3. The van der Waals surface area contributed by atoms with Crippen molar-refractivity contribution >= 4 is 21.4 Å². The van der Waals surface area contributed by atoms with Crippen LogP contribution in [0, 0.1) is 5.82 Å². The van der Waals surface area contributed by atoms with E-state index in [1.165, 1.54) is 29.8 Å². The van der Waals surface area contributed by atoms with Gasteiger partial charge in [-0.05, 0) is 66.8 Å². The summed E-state index contributed by atoms with van der Waals surface area (Å²) in [6, 6.07) is 10.7. The molecule has 5 nitrogen and oxygen atoms in total. The van der Waals surface area contributed by atoms with Gasteiger partial charge < -0.3 is 0 Å². The molecular weight excluding hydrogens is 343 g/mol. The number of anilines is 1. The maximum absolute atomic E-state index is 12.8. The molecule has 132 valence electrons. The third kappa shape index (κ3) is 4.36. The molecule has 0 unspecified atom stereocenters. The van der Waals surface area contributed by atoms with Crippen molar-refractivity contribution in [2.75, 3.05) is 11.2 Å². The van der Waals surface area contributed by atoms with Crippen molar-refractivity contribution in [3.63, 3.8) is 0 Å². The van der Waals surface area contributed by atoms with Crippen LogP contribution in [0.5, 0.6) is 0 Å². The van der Waals surface area contributed by atoms with Crippen molar-refractivity contribution in [3.05, 3.63) is 59.4 Å². The van der Waals surface area contributed by atoms with E-state index < -0.39 is 15.7 Å². The van der Waals surface area contributed by atoms with Gasteiger partial charge in [-0.25, -0.2) is 12.8 Å². The van der Waals surface area contributed by atoms with Crippen LogP contribution in [0.1, 0.15) is 24.0 Å². The number of amides is 1. The van der Waals surface area contributed by atoms with Gasteiger partial charge in [0.25, 0.3) is 0 Å². The number of rotatable bonds is 6. The zero-order chi connectivity index (χ0) is 17.9.